The first kappa shape index (κ1) is 16.9. The van der Waals surface area contributed by atoms with Crippen molar-refractivity contribution in [3.05, 3.63) is 59.2 Å². The molecule has 0 atom stereocenters. The Morgan fingerprint density at radius 1 is 1.08 bits per heavy atom. The maximum Gasteiger partial charge on any atom is 0.273 e. The lowest BCUT2D eigenvalue weighted by Crippen LogP contribution is -2.12. The van der Waals surface area contributed by atoms with Gasteiger partial charge in [-0.25, -0.2) is 0 Å². The van der Waals surface area contributed by atoms with Crippen LogP contribution < -0.4 is 14.8 Å². The van der Waals surface area contributed by atoms with Crippen molar-refractivity contribution in [1.82, 2.24) is 10.2 Å². The third-order valence-electron chi connectivity index (χ3n) is 3.55. The van der Waals surface area contributed by atoms with Crippen LogP contribution >= 0.6 is 11.6 Å². The summed E-state index contributed by atoms with van der Waals surface area (Å²) in [6, 6.07) is 14.1. The number of nitrogens with zero attached hydrogens (tertiary/aromatic N) is 1. The zero-order valence-corrected chi connectivity index (χ0v) is 14.4. The molecule has 0 fully saturated rings. The lowest BCUT2D eigenvalue weighted by Gasteiger charge is -2.09. The number of rotatable bonds is 5. The van der Waals surface area contributed by atoms with Gasteiger partial charge in [0.15, 0.2) is 0 Å². The van der Waals surface area contributed by atoms with E-state index in [0.29, 0.717) is 33.6 Å². The van der Waals surface area contributed by atoms with Crippen LogP contribution in [0.25, 0.3) is 11.3 Å². The molecule has 0 bridgehead atoms. The van der Waals surface area contributed by atoms with Crippen LogP contribution in [0.3, 0.4) is 0 Å². The topological polar surface area (TPSA) is 76.2 Å². The molecule has 25 heavy (non-hydrogen) atoms. The van der Waals surface area contributed by atoms with E-state index in [-0.39, 0.29) is 5.91 Å². The number of aromatic amines is 1. The minimum absolute atomic E-state index is 0.323. The van der Waals surface area contributed by atoms with E-state index < -0.39 is 0 Å². The highest BCUT2D eigenvalue weighted by Crippen LogP contribution is 2.26. The van der Waals surface area contributed by atoms with Crippen molar-refractivity contribution in [2.75, 3.05) is 19.5 Å². The zero-order chi connectivity index (χ0) is 17.8. The monoisotopic (exact) mass is 357 g/mol. The quantitative estimate of drug-likeness (QED) is 0.723. The highest BCUT2D eigenvalue weighted by atomic mass is 35.5. The van der Waals surface area contributed by atoms with E-state index in [1.165, 1.54) is 0 Å². The first-order valence-corrected chi connectivity index (χ1v) is 7.82. The molecule has 128 valence electrons. The fourth-order valence-electron chi connectivity index (χ4n) is 2.31. The molecule has 3 aromatic rings. The smallest absolute Gasteiger partial charge is 0.273 e. The molecule has 0 radical (unpaired) electrons. The molecule has 0 unspecified atom stereocenters. The van der Waals surface area contributed by atoms with Gasteiger partial charge in [-0.1, -0.05) is 23.7 Å². The molecule has 0 aliphatic rings. The van der Waals surface area contributed by atoms with Crippen molar-refractivity contribution in [3.8, 4) is 22.8 Å². The predicted molar refractivity (Wildman–Crippen MR) is 96.5 cm³/mol. The number of hydrogen-bond acceptors (Lipinski definition) is 4. The third-order valence-corrected chi connectivity index (χ3v) is 3.79. The van der Waals surface area contributed by atoms with E-state index in [9.17, 15) is 4.79 Å². The second-order valence-electron chi connectivity index (χ2n) is 5.23. The van der Waals surface area contributed by atoms with Crippen LogP contribution in [0.1, 0.15) is 10.5 Å². The Labute approximate surface area is 149 Å². The number of aromatic nitrogens is 2. The molecular weight excluding hydrogens is 342 g/mol. The lowest BCUT2D eigenvalue weighted by atomic mass is 10.1. The standard InChI is InChI=1S/C18H16ClN3O3/c1-24-14-7-13(8-15(9-14)25-2)20-18(23)17-10-16(21-22-17)11-4-3-5-12(19)6-11/h3-10H,1-2H3,(H,20,23)(H,21,22). The summed E-state index contributed by atoms with van der Waals surface area (Å²) >= 11 is 5.99. The summed E-state index contributed by atoms with van der Waals surface area (Å²) in [5, 5.41) is 10.3. The highest BCUT2D eigenvalue weighted by Gasteiger charge is 2.13. The van der Waals surface area contributed by atoms with Crippen molar-refractivity contribution < 1.29 is 14.3 Å². The minimum Gasteiger partial charge on any atom is -0.497 e. The molecule has 0 aliphatic carbocycles. The highest BCUT2D eigenvalue weighted by molar-refractivity contribution is 6.30. The van der Waals surface area contributed by atoms with Crippen molar-refractivity contribution in [2.24, 2.45) is 0 Å². The Kier molecular flexibility index (Phi) is 4.90. The number of H-pyrrole nitrogens is 1. The van der Waals surface area contributed by atoms with Gasteiger partial charge in [-0.05, 0) is 18.2 Å². The van der Waals surface area contributed by atoms with Crippen molar-refractivity contribution in [2.45, 2.75) is 0 Å². The molecule has 7 heteroatoms. The fraction of sp³-hybridized carbons (Fsp3) is 0.111. The molecule has 1 amide bonds. The number of methoxy groups -OCH3 is 2. The van der Waals surface area contributed by atoms with E-state index in [4.69, 9.17) is 21.1 Å². The molecule has 1 heterocycles. The van der Waals surface area contributed by atoms with E-state index in [0.717, 1.165) is 5.56 Å². The Hall–Kier alpha value is -2.99. The van der Waals surface area contributed by atoms with Gasteiger partial charge >= 0.3 is 0 Å². The average molecular weight is 358 g/mol. The van der Waals surface area contributed by atoms with E-state index in [1.807, 2.05) is 12.1 Å². The average Bonchev–Trinajstić information content (AvgIpc) is 3.11. The number of amides is 1. The first-order valence-electron chi connectivity index (χ1n) is 7.45. The van der Waals surface area contributed by atoms with Crippen LogP contribution in [-0.2, 0) is 0 Å². The molecule has 2 N–H and O–H groups in total. The van der Waals surface area contributed by atoms with Crippen LogP contribution in [0, 0.1) is 0 Å². The van der Waals surface area contributed by atoms with Crippen LogP contribution in [0.15, 0.2) is 48.5 Å². The van der Waals surface area contributed by atoms with Gasteiger partial charge in [-0.3, -0.25) is 9.89 Å². The first-order chi connectivity index (χ1) is 12.1. The molecule has 0 aliphatic heterocycles. The predicted octanol–water partition coefficient (Wildman–Crippen LogP) is 4.00. The fourth-order valence-corrected chi connectivity index (χ4v) is 2.50. The van der Waals surface area contributed by atoms with Gasteiger partial charge < -0.3 is 14.8 Å². The Morgan fingerprint density at radius 2 is 1.80 bits per heavy atom. The summed E-state index contributed by atoms with van der Waals surface area (Å²) in [4.78, 5) is 12.4. The number of benzene rings is 2. The number of carbonyl (C=O) groups is 1. The van der Waals surface area contributed by atoms with Crippen LogP contribution in [0.5, 0.6) is 11.5 Å². The number of hydrogen-bond donors (Lipinski definition) is 2. The number of anilines is 1. The van der Waals surface area contributed by atoms with Gasteiger partial charge in [-0.15, -0.1) is 0 Å². The molecule has 0 saturated carbocycles. The van der Waals surface area contributed by atoms with Gasteiger partial charge in [0.2, 0.25) is 0 Å². The Balaban J connectivity index is 1.80. The summed E-state index contributed by atoms with van der Waals surface area (Å²) < 4.78 is 10.4. The van der Waals surface area contributed by atoms with Crippen LogP contribution in [-0.4, -0.2) is 30.3 Å². The van der Waals surface area contributed by atoms with E-state index in [2.05, 4.69) is 15.5 Å². The summed E-state index contributed by atoms with van der Waals surface area (Å²) in [7, 11) is 3.10. The van der Waals surface area contributed by atoms with Gasteiger partial charge in [-0.2, -0.15) is 5.10 Å². The summed E-state index contributed by atoms with van der Waals surface area (Å²) in [5.74, 6) is 0.842. The summed E-state index contributed by atoms with van der Waals surface area (Å²) in [6.07, 6.45) is 0. The maximum absolute atomic E-state index is 12.4. The molecule has 6 nitrogen and oxygen atoms in total. The van der Waals surface area contributed by atoms with Gasteiger partial charge in [0, 0.05) is 34.5 Å². The molecule has 0 saturated heterocycles. The second kappa shape index (κ2) is 7.27. The van der Waals surface area contributed by atoms with Crippen molar-refractivity contribution in [3.63, 3.8) is 0 Å². The molecule has 0 spiro atoms. The van der Waals surface area contributed by atoms with Crippen LogP contribution in [0.2, 0.25) is 5.02 Å². The summed E-state index contributed by atoms with van der Waals surface area (Å²) in [5.41, 5.74) is 2.35. The van der Waals surface area contributed by atoms with Gasteiger partial charge in [0.05, 0.1) is 19.9 Å². The Morgan fingerprint density at radius 3 is 2.44 bits per heavy atom. The molecular formula is C18H16ClN3O3. The van der Waals surface area contributed by atoms with Crippen LogP contribution in [0.4, 0.5) is 5.69 Å². The largest absolute Gasteiger partial charge is 0.497 e. The molecule has 1 aromatic heterocycles. The lowest BCUT2D eigenvalue weighted by molar-refractivity contribution is 0.102. The maximum atomic E-state index is 12.4. The normalized spacial score (nSPS) is 10.4. The second-order valence-corrected chi connectivity index (χ2v) is 5.67. The zero-order valence-electron chi connectivity index (χ0n) is 13.7. The van der Waals surface area contributed by atoms with E-state index >= 15 is 0 Å². The number of halogens is 1. The number of nitrogens with one attached hydrogen (secondary N) is 2. The minimum atomic E-state index is -0.323. The van der Waals surface area contributed by atoms with E-state index in [1.54, 1.807) is 50.6 Å². The molecule has 2 aromatic carbocycles. The third kappa shape index (κ3) is 3.92. The SMILES string of the molecule is COc1cc(NC(=O)c2cc(-c3cccc(Cl)c3)n[nH]2)cc(OC)c1. The number of ether oxygens (including phenoxy) is 2. The van der Waals surface area contributed by atoms with Gasteiger partial charge in [0.1, 0.15) is 17.2 Å². The van der Waals surface area contributed by atoms with Crippen molar-refractivity contribution >= 4 is 23.2 Å². The Bertz CT molecular complexity index is 886. The summed E-state index contributed by atoms with van der Waals surface area (Å²) in [6.45, 7) is 0. The molecule has 3 rings (SSSR count). The van der Waals surface area contributed by atoms with Gasteiger partial charge in [0.25, 0.3) is 5.91 Å². The number of carbonyl (C=O) groups excluding carboxylic acids is 1. The van der Waals surface area contributed by atoms with Crippen molar-refractivity contribution in [1.29, 1.82) is 0 Å².